The van der Waals surface area contributed by atoms with Crippen molar-refractivity contribution < 1.29 is 4.79 Å². The second-order valence-electron chi connectivity index (χ2n) is 3.48. The molecule has 1 amide bonds. The highest BCUT2D eigenvalue weighted by molar-refractivity contribution is 5.84. The summed E-state index contributed by atoms with van der Waals surface area (Å²) in [6.07, 6.45) is 3.22. The summed E-state index contributed by atoms with van der Waals surface area (Å²) in [6, 6.07) is 0. The molecule has 13 heavy (non-hydrogen) atoms. The number of carbonyl (C=O) groups excluding carboxylic acids is 1. The van der Waals surface area contributed by atoms with Crippen LogP contribution in [0, 0.1) is 0 Å². The number of amides is 1. The normalized spacial score (nSPS) is 11.3. The number of rotatable bonds is 3. The predicted octanol–water partition coefficient (Wildman–Crippen LogP) is -0.237. The van der Waals surface area contributed by atoms with Gasteiger partial charge in [-0.15, -0.1) is 0 Å². The molecule has 0 bridgehead atoms. The molecule has 4 N–H and O–H groups in total. The van der Waals surface area contributed by atoms with Crippen molar-refractivity contribution in [2.24, 2.45) is 5.73 Å². The molecule has 1 aromatic rings. The average Bonchev–Trinajstić information content (AvgIpc) is 2.50. The van der Waals surface area contributed by atoms with Crippen LogP contribution in [0.1, 0.15) is 19.5 Å². The van der Waals surface area contributed by atoms with E-state index in [2.05, 4.69) is 15.3 Å². The molecule has 0 spiro atoms. The molecule has 0 aliphatic rings. The number of aromatic nitrogens is 2. The lowest BCUT2D eigenvalue weighted by Gasteiger charge is -2.17. The Labute approximate surface area is 76.7 Å². The third-order valence-corrected chi connectivity index (χ3v) is 1.58. The number of H-pyrrole nitrogens is 1. The van der Waals surface area contributed by atoms with E-state index in [1.165, 1.54) is 0 Å². The minimum absolute atomic E-state index is 0.179. The fourth-order valence-electron chi connectivity index (χ4n) is 0.785. The lowest BCUT2D eigenvalue weighted by atomic mass is 10.1. The minimum Gasteiger partial charge on any atom is -0.349 e. The zero-order valence-electron chi connectivity index (χ0n) is 7.79. The predicted molar refractivity (Wildman–Crippen MR) is 48.7 cm³/mol. The third-order valence-electron chi connectivity index (χ3n) is 1.58. The Balaban J connectivity index is 2.40. The van der Waals surface area contributed by atoms with Crippen LogP contribution in [0.25, 0.3) is 0 Å². The van der Waals surface area contributed by atoms with Crippen LogP contribution < -0.4 is 11.1 Å². The molecule has 1 rings (SSSR count). The van der Waals surface area contributed by atoms with Crippen LogP contribution in [-0.2, 0) is 11.3 Å². The quantitative estimate of drug-likeness (QED) is 0.603. The Morgan fingerprint density at radius 1 is 1.77 bits per heavy atom. The van der Waals surface area contributed by atoms with E-state index in [0.29, 0.717) is 6.54 Å². The molecule has 0 atom stereocenters. The minimum atomic E-state index is -0.833. The number of carbonyl (C=O) groups is 1. The number of nitrogens with zero attached hydrogens (tertiary/aromatic N) is 1. The van der Waals surface area contributed by atoms with Crippen LogP contribution in [0.3, 0.4) is 0 Å². The van der Waals surface area contributed by atoms with Crippen molar-refractivity contribution in [3.63, 3.8) is 0 Å². The Morgan fingerprint density at radius 3 is 2.92 bits per heavy atom. The Kier molecular flexibility index (Phi) is 2.67. The van der Waals surface area contributed by atoms with Crippen LogP contribution in [0.15, 0.2) is 12.5 Å². The summed E-state index contributed by atoms with van der Waals surface area (Å²) < 4.78 is 0. The lowest BCUT2D eigenvalue weighted by Crippen LogP contribution is -2.48. The van der Waals surface area contributed by atoms with Gasteiger partial charge in [-0.1, -0.05) is 0 Å². The molecule has 0 aromatic carbocycles. The van der Waals surface area contributed by atoms with Gasteiger partial charge >= 0.3 is 0 Å². The van der Waals surface area contributed by atoms with Gasteiger partial charge in [-0.2, -0.15) is 0 Å². The van der Waals surface area contributed by atoms with Crippen molar-refractivity contribution in [2.75, 3.05) is 0 Å². The molecule has 72 valence electrons. The van der Waals surface area contributed by atoms with Crippen LogP contribution in [0.5, 0.6) is 0 Å². The van der Waals surface area contributed by atoms with Crippen LogP contribution >= 0.6 is 0 Å². The van der Waals surface area contributed by atoms with Gasteiger partial charge in [0.2, 0.25) is 5.91 Å². The monoisotopic (exact) mass is 182 g/mol. The molecule has 0 aliphatic carbocycles. The molecule has 5 heteroatoms. The maximum absolute atomic E-state index is 11.3. The van der Waals surface area contributed by atoms with Gasteiger partial charge in [0.15, 0.2) is 0 Å². The standard InChI is InChI=1S/C8H14N4O/c1-8(2,9)7(13)11-4-6-3-10-5-12-6/h3,5H,4,9H2,1-2H3,(H,10,12)(H,11,13). The Bertz CT molecular complexity index is 273. The van der Waals surface area contributed by atoms with Crippen LogP contribution in [-0.4, -0.2) is 21.4 Å². The van der Waals surface area contributed by atoms with Gasteiger partial charge in [0.25, 0.3) is 0 Å². The zero-order valence-corrected chi connectivity index (χ0v) is 7.79. The molecule has 5 nitrogen and oxygen atoms in total. The highest BCUT2D eigenvalue weighted by atomic mass is 16.2. The second-order valence-corrected chi connectivity index (χ2v) is 3.48. The summed E-state index contributed by atoms with van der Waals surface area (Å²) >= 11 is 0. The number of nitrogens with two attached hydrogens (primary N) is 1. The Hall–Kier alpha value is -1.36. The van der Waals surface area contributed by atoms with Crippen molar-refractivity contribution in [3.05, 3.63) is 18.2 Å². The number of aromatic amines is 1. The summed E-state index contributed by atoms with van der Waals surface area (Å²) in [5.74, 6) is -0.179. The Morgan fingerprint density at radius 2 is 2.46 bits per heavy atom. The van der Waals surface area contributed by atoms with Gasteiger partial charge in [0.05, 0.1) is 24.1 Å². The molecular formula is C8H14N4O. The average molecular weight is 182 g/mol. The van der Waals surface area contributed by atoms with E-state index in [0.717, 1.165) is 5.69 Å². The fourth-order valence-corrected chi connectivity index (χ4v) is 0.785. The topological polar surface area (TPSA) is 83.8 Å². The molecule has 0 aliphatic heterocycles. The van der Waals surface area contributed by atoms with Crippen molar-refractivity contribution in [1.82, 2.24) is 15.3 Å². The zero-order chi connectivity index (χ0) is 9.90. The van der Waals surface area contributed by atoms with Crippen molar-refractivity contribution >= 4 is 5.91 Å². The highest BCUT2D eigenvalue weighted by Gasteiger charge is 2.20. The second kappa shape index (κ2) is 3.57. The van der Waals surface area contributed by atoms with Gasteiger partial charge in [-0.05, 0) is 13.8 Å². The first-order valence-corrected chi connectivity index (χ1v) is 4.04. The molecule has 0 saturated heterocycles. The van der Waals surface area contributed by atoms with Gasteiger partial charge < -0.3 is 16.0 Å². The van der Waals surface area contributed by atoms with Crippen molar-refractivity contribution in [3.8, 4) is 0 Å². The highest BCUT2D eigenvalue weighted by Crippen LogP contribution is 1.97. The largest absolute Gasteiger partial charge is 0.349 e. The van der Waals surface area contributed by atoms with E-state index in [1.807, 2.05) is 0 Å². The van der Waals surface area contributed by atoms with Gasteiger partial charge in [0.1, 0.15) is 0 Å². The molecule has 1 aromatic heterocycles. The van der Waals surface area contributed by atoms with Gasteiger partial charge in [-0.25, -0.2) is 4.98 Å². The number of nitrogens with one attached hydrogen (secondary N) is 2. The number of hydrogen-bond acceptors (Lipinski definition) is 3. The summed E-state index contributed by atoms with van der Waals surface area (Å²) in [5.41, 5.74) is 5.61. The summed E-state index contributed by atoms with van der Waals surface area (Å²) in [7, 11) is 0. The molecular weight excluding hydrogens is 168 g/mol. The number of hydrogen-bond donors (Lipinski definition) is 3. The van der Waals surface area contributed by atoms with E-state index in [4.69, 9.17) is 5.73 Å². The van der Waals surface area contributed by atoms with E-state index in [1.54, 1.807) is 26.4 Å². The summed E-state index contributed by atoms with van der Waals surface area (Å²) in [4.78, 5) is 18.0. The maximum Gasteiger partial charge on any atom is 0.239 e. The van der Waals surface area contributed by atoms with E-state index in [-0.39, 0.29) is 5.91 Å². The van der Waals surface area contributed by atoms with Crippen molar-refractivity contribution in [2.45, 2.75) is 25.9 Å². The van der Waals surface area contributed by atoms with E-state index < -0.39 is 5.54 Å². The molecule has 0 fully saturated rings. The SMILES string of the molecule is CC(C)(N)C(=O)NCc1cnc[nH]1. The number of imidazole rings is 1. The first-order valence-electron chi connectivity index (χ1n) is 4.04. The lowest BCUT2D eigenvalue weighted by molar-refractivity contribution is -0.125. The van der Waals surface area contributed by atoms with Crippen LogP contribution in [0.2, 0.25) is 0 Å². The third kappa shape index (κ3) is 2.87. The van der Waals surface area contributed by atoms with E-state index in [9.17, 15) is 4.79 Å². The molecule has 1 heterocycles. The molecule has 0 radical (unpaired) electrons. The summed E-state index contributed by atoms with van der Waals surface area (Å²) in [5, 5.41) is 2.69. The van der Waals surface area contributed by atoms with Gasteiger partial charge in [-0.3, -0.25) is 4.79 Å². The van der Waals surface area contributed by atoms with Gasteiger partial charge in [0, 0.05) is 6.20 Å². The first-order chi connectivity index (χ1) is 6.00. The van der Waals surface area contributed by atoms with Crippen LogP contribution in [0.4, 0.5) is 0 Å². The van der Waals surface area contributed by atoms with Crippen molar-refractivity contribution in [1.29, 1.82) is 0 Å². The maximum atomic E-state index is 11.3. The summed E-state index contributed by atoms with van der Waals surface area (Å²) in [6.45, 7) is 3.75. The fraction of sp³-hybridized carbons (Fsp3) is 0.500. The first kappa shape index (κ1) is 9.73. The molecule has 0 unspecified atom stereocenters. The molecule has 0 saturated carbocycles. The smallest absolute Gasteiger partial charge is 0.239 e. The van der Waals surface area contributed by atoms with E-state index >= 15 is 0 Å².